The Morgan fingerprint density at radius 2 is 1.91 bits per heavy atom. The fourth-order valence-electron chi connectivity index (χ4n) is 7.21. The molecule has 2 saturated heterocycles. The van der Waals surface area contributed by atoms with Crippen molar-refractivity contribution in [2.45, 2.75) is 70.1 Å². The summed E-state index contributed by atoms with van der Waals surface area (Å²) in [7, 11) is 0. The molecule has 33 heavy (non-hydrogen) atoms. The average molecular weight is 445 g/mol. The number of benzene rings is 1. The fraction of sp³-hybridized carbons (Fsp3) is 0.577. The van der Waals surface area contributed by atoms with E-state index in [9.17, 15) is 4.79 Å². The van der Waals surface area contributed by atoms with Gasteiger partial charge >= 0.3 is 0 Å². The quantitative estimate of drug-likeness (QED) is 0.676. The van der Waals surface area contributed by atoms with E-state index < -0.39 is 0 Å². The lowest BCUT2D eigenvalue weighted by atomic mass is 9.70. The van der Waals surface area contributed by atoms with Gasteiger partial charge in [0.15, 0.2) is 0 Å². The zero-order valence-corrected chi connectivity index (χ0v) is 19.2. The molecule has 1 aliphatic carbocycles. The molecule has 7 heteroatoms. The van der Waals surface area contributed by atoms with Gasteiger partial charge in [0.1, 0.15) is 11.4 Å². The molecule has 2 aromatic rings. The van der Waals surface area contributed by atoms with E-state index in [1.54, 1.807) is 0 Å². The Labute approximate surface area is 194 Å². The van der Waals surface area contributed by atoms with Crippen molar-refractivity contribution < 1.29 is 0 Å². The molecule has 0 amide bonds. The van der Waals surface area contributed by atoms with Gasteiger partial charge in [-0.2, -0.15) is 0 Å². The van der Waals surface area contributed by atoms with Gasteiger partial charge in [-0.1, -0.05) is 24.3 Å². The summed E-state index contributed by atoms with van der Waals surface area (Å²) in [4.78, 5) is 28.2. The van der Waals surface area contributed by atoms with Crippen molar-refractivity contribution >= 4 is 11.8 Å². The molecular weight excluding hydrogens is 412 g/mol. The van der Waals surface area contributed by atoms with Crippen LogP contribution in [0.15, 0.2) is 34.1 Å². The minimum Gasteiger partial charge on any atom is -0.356 e. The highest BCUT2D eigenvalue weighted by Crippen LogP contribution is 2.53. The third kappa shape index (κ3) is 2.81. The minimum atomic E-state index is 0.105. The number of likely N-dealkylation sites (tertiary alicyclic amines) is 1. The Hall–Kier alpha value is -2.67. The molecule has 0 bridgehead atoms. The zero-order chi connectivity index (χ0) is 22.2. The Kier molecular flexibility index (Phi) is 4.29. The van der Waals surface area contributed by atoms with Gasteiger partial charge in [0, 0.05) is 38.3 Å². The first-order valence-electron chi connectivity index (χ1n) is 12.7. The number of aromatic nitrogens is 2. The first-order valence-corrected chi connectivity index (χ1v) is 12.7. The SMILES string of the molecule is N[C@@H]1c2ccccc2C[C@@]12CCN1c3nc4c(c(=O)n3CC[C@H]1C2)C(N1CCCCC1)=NC4. The van der Waals surface area contributed by atoms with Crippen LogP contribution in [0.3, 0.4) is 0 Å². The van der Waals surface area contributed by atoms with Gasteiger partial charge in [0.2, 0.25) is 5.95 Å². The highest BCUT2D eigenvalue weighted by molar-refractivity contribution is 6.01. The van der Waals surface area contributed by atoms with Gasteiger partial charge in [0.05, 0.1) is 12.2 Å². The van der Waals surface area contributed by atoms with Crippen molar-refractivity contribution in [1.82, 2.24) is 14.5 Å². The average Bonchev–Trinajstić information content (AvgIpc) is 3.39. The van der Waals surface area contributed by atoms with E-state index >= 15 is 0 Å². The molecule has 1 spiro atoms. The molecule has 3 atom stereocenters. The van der Waals surface area contributed by atoms with Crippen molar-refractivity contribution in [3.8, 4) is 0 Å². The van der Waals surface area contributed by atoms with Crippen molar-refractivity contribution in [3.63, 3.8) is 0 Å². The minimum absolute atomic E-state index is 0.105. The second-order valence-electron chi connectivity index (χ2n) is 10.7. The highest BCUT2D eigenvalue weighted by Gasteiger charge is 2.50. The van der Waals surface area contributed by atoms with Crippen molar-refractivity contribution in [2.75, 3.05) is 24.5 Å². The summed E-state index contributed by atoms with van der Waals surface area (Å²) in [5, 5.41) is 0. The maximum absolute atomic E-state index is 13.7. The topological polar surface area (TPSA) is 79.8 Å². The molecule has 1 aromatic carbocycles. The molecule has 172 valence electrons. The lowest BCUT2D eigenvalue weighted by Gasteiger charge is -2.50. The van der Waals surface area contributed by atoms with Crippen LogP contribution < -0.4 is 16.2 Å². The third-order valence-electron chi connectivity index (χ3n) is 8.95. The molecule has 5 heterocycles. The van der Waals surface area contributed by atoms with Gasteiger partial charge in [-0.05, 0) is 61.5 Å². The molecule has 4 aliphatic heterocycles. The first-order chi connectivity index (χ1) is 16.1. The predicted octanol–water partition coefficient (Wildman–Crippen LogP) is 2.60. The summed E-state index contributed by atoms with van der Waals surface area (Å²) in [6, 6.07) is 9.20. The van der Waals surface area contributed by atoms with Crippen LogP contribution in [0.1, 0.15) is 67.0 Å². The Bertz CT molecular complexity index is 1210. The maximum atomic E-state index is 13.7. The molecule has 5 aliphatic rings. The number of amidine groups is 1. The normalized spacial score (nSPS) is 30.0. The van der Waals surface area contributed by atoms with Gasteiger partial charge < -0.3 is 15.5 Å². The summed E-state index contributed by atoms with van der Waals surface area (Å²) >= 11 is 0. The van der Waals surface area contributed by atoms with E-state index in [0.29, 0.717) is 12.6 Å². The molecular formula is C26H32N6O. The van der Waals surface area contributed by atoms with Crippen molar-refractivity contribution in [3.05, 3.63) is 57.0 Å². The highest BCUT2D eigenvalue weighted by atomic mass is 16.1. The molecule has 7 rings (SSSR count). The smallest absolute Gasteiger partial charge is 0.266 e. The van der Waals surface area contributed by atoms with Crippen LogP contribution >= 0.6 is 0 Å². The van der Waals surface area contributed by atoms with E-state index in [0.717, 1.165) is 74.9 Å². The second-order valence-corrected chi connectivity index (χ2v) is 10.7. The molecule has 0 radical (unpaired) electrons. The molecule has 0 saturated carbocycles. The number of aliphatic imine (C=N–C) groups is 1. The standard InChI is InChI=1S/C26H32N6O/c27-22-19-7-3-2-6-17(19)14-26(22)9-13-31-18(15-26)8-12-32-24(33)21-20(29-25(31)32)16-28-23(21)30-10-4-1-5-11-30/h2-3,6-7,18,22H,1,4-5,8-16,27H2/t18-,22+,26+/m0/s1. The van der Waals surface area contributed by atoms with Gasteiger partial charge in [-0.15, -0.1) is 0 Å². The zero-order valence-electron chi connectivity index (χ0n) is 19.2. The maximum Gasteiger partial charge on any atom is 0.266 e. The molecule has 7 nitrogen and oxygen atoms in total. The van der Waals surface area contributed by atoms with Crippen LogP contribution in [0.2, 0.25) is 0 Å². The summed E-state index contributed by atoms with van der Waals surface area (Å²) < 4.78 is 1.93. The summed E-state index contributed by atoms with van der Waals surface area (Å²) in [5.41, 5.74) is 11.5. The van der Waals surface area contributed by atoms with E-state index in [-0.39, 0.29) is 17.0 Å². The van der Waals surface area contributed by atoms with E-state index in [4.69, 9.17) is 15.7 Å². The van der Waals surface area contributed by atoms with Crippen LogP contribution in [0.25, 0.3) is 0 Å². The van der Waals surface area contributed by atoms with E-state index in [2.05, 4.69) is 34.1 Å². The Morgan fingerprint density at radius 3 is 2.76 bits per heavy atom. The largest absolute Gasteiger partial charge is 0.356 e. The van der Waals surface area contributed by atoms with Crippen LogP contribution in [0.5, 0.6) is 0 Å². The summed E-state index contributed by atoms with van der Waals surface area (Å²) in [5.74, 6) is 1.76. The number of hydrogen-bond acceptors (Lipinski definition) is 6. The van der Waals surface area contributed by atoms with Gasteiger partial charge in [-0.3, -0.25) is 14.4 Å². The number of anilines is 1. The van der Waals surface area contributed by atoms with E-state index in [1.165, 1.54) is 30.4 Å². The molecule has 1 aromatic heterocycles. The Balaban J connectivity index is 1.19. The summed E-state index contributed by atoms with van der Waals surface area (Å²) in [6.07, 6.45) is 7.80. The first kappa shape index (κ1) is 19.8. The lowest BCUT2D eigenvalue weighted by molar-refractivity contribution is 0.145. The third-order valence-corrected chi connectivity index (χ3v) is 8.95. The monoisotopic (exact) mass is 444 g/mol. The second kappa shape index (κ2) is 7.16. The van der Waals surface area contributed by atoms with Crippen molar-refractivity contribution in [2.24, 2.45) is 16.1 Å². The number of piperidine rings is 2. The van der Waals surface area contributed by atoms with Crippen LogP contribution in [0, 0.1) is 5.41 Å². The van der Waals surface area contributed by atoms with E-state index in [1.807, 2.05) is 4.57 Å². The Morgan fingerprint density at radius 1 is 1.06 bits per heavy atom. The fourth-order valence-corrected chi connectivity index (χ4v) is 7.21. The number of rotatable bonds is 0. The molecule has 2 N–H and O–H groups in total. The predicted molar refractivity (Wildman–Crippen MR) is 129 cm³/mol. The number of hydrogen-bond donors (Lipinski definition) is 1. The number of nitrogens with two attached hydrogens (primary N) is 1. The number of fused-ring (bicyclic) bond motifs is 5. The molecule has 2 fully saturated rings. The van der Waals surface area contributed by atoms with Crippen molar-refractivity contribution in [1.29, 1.82) is 0 Å². The van der Waals surface area contributed by atoms with Crippen LogP contribution in [-0.4, -0.2) is 46.0 Å². The van der Waals surface area contributed by atoms with Gasteiger partial charge in [-0.25, -0.2) is 4.98 Å². The number of nitrogens with zero attached hydrogens (tertiary/aromatic N) is 5. The van der Waals surface area contributed by atoms with Crippen LogP contribution in [0.4, 0.5) is 5.95 Å². The van der Waals surface area contributed by atoms with Gasteiger partial charge in [0.25, 0.3) is 5.56 Å². The lowest BCUT2D eigenvalue weighted by Crippen LogP contribution is -2.55. The molecule has 0 unspecified atom stereocenters. The van der Waals surface area contributed by atoms with Crippen LogP contribution in [-0.2, 0) is 19.5 Å². The summed E-state index contributed by atoms with van der Waals surface area (Å²) in [6.45, 7) is 4.18.